The van der Waals surface area contributed by atoms with Crippen molar-refractivity contribution >= 4 is 57.6 Å². The molecular formula is C36H42ClFN4O5S. The maximum atomic E-state index is 15.9. The van der Waals surface area contributed by atoms with Gasteiger partial charge in [0.05, 0.1) is 28.3 Å². The average Bonchev–Trinajstić information content (AvgIpc) is 3.88. The molecule has 48 heavy (non-hydrogen) atoms. The summed E-state index contributed by atoms with van der Waals surface area (Å²) in [5, 5.41) is 13.3. The van der Waals surface area contributed by atoms with Gasteiger partial charge in [-0.1, -0.05) is 29.8 Å². The topological polar surface area (TPSA) is 104 Å². The fourth-order valence-corrected chi connectivity index (χ4v) is 9.93. The maximum Gasteiger partial charge on any atom is 0.306 e. The molecule has 3 aliphatic heterocycles. The second kappa shape index (κ2) is 13.7. The minimum Gasteiger partial charge on any atom is -0.481 e. The third-order valence-electron chi connectivity index (χ3n) is 10.8. The number of Topliss-reactive ketones (excluding diaryl/α,β-unsaturated/α-hetero) is 1. The van der Waals surface area contributed by atoms with Crippen molar-refractivity contribution in [3.05, 3.63) is 64.6 Å². The Morgan fingerprint density at radius 1 is 1.04 bits per heavy atom. The zero-order chi connectivity index (χ0) is 33.6. The van der Waals surface area contributed by atoms with E-state index in [4.69, 9.17) is 16.3 Å². The summed E-state index contributed by atoms with van der Waals surface area (Å²) < 4.78 is 24.8. The van der Waals surface area contributed by atoms with E-state index in [1.807, 2.05) is 47.6 Å². The number of carboxylic acid groups (broad SMARTS) is 1. The van der Waals surface area contributed by atoms with E-state index in [-0.39, 0.29) is 34.6 Å². The number of nitrogens with one attached hydrogen (secondary N) is 1. The van der Waals surface area contributed by atoms with Crippen LogP contribution in [-0.2, 0) is 27.8 Å². The van der Waals surface area contributed by atoms with Gasteiger partial charge in [-0.05, 0) is 85.6 Å². The summed E-state index contributed by atoms with van der Waals surface area (Å²) in [6.45, 7) is 2.85. The van der Waals surface area contributed by atoms with Crippen molar-refractivity contribution in [3.8, 4) is 0 Å². The summed E-state index contributed by atoms with van der Waals surface area (Å²) in [6.07, 6.45) is 5.21. The second-order valence-corrected chi connectivity index (χ2v) is 15.3. The van der Waals surface area contributed by atoms with E-state index in [9.17, 15) is 19.5 Å². The van der Waals surface area contributed by atoms with Crippen LogP contribution in [0.15, 0.2) is 42.6 Å². The van der Waals surface area contributed by atoms with E-state index < -0.39 is 29.5 Å². The third-order valence-corrected chi connectivity index (χ3v) is 12.4. The number of anilines is 1. The van der Waals surface area contributed by atoms with Gasteiger partial charge >= 0.3 is 5.97 Å². The van der Waals surface area contributed by atoms with Crippen LogP contribution in [0.5, 0.6) is 0 Å². The second-order valence-electron chi connectivity index (χ2n) is 13.8. The molecule has 3 atom stereocenters. The molecule has 2 aromatic carbocycles. The fourth-order valence-electron chi connectivity index (χ4n) is 8.20. The van der Waals surface area contributed by atoms with Crippen LogP contribution >= 0.6 is 23.4 Å². The number of carbonyl (C=O) groups excluding carboxylic acids is 2. The van der Waals surface area contributed by atoms with Gasteiger partial charge in [0.1, 0.15) is 5.82 Å². The van der Waals surface area contributed by atoms with E-state index in [0.29, 0.717) is 56.2 Å². The number of halogens is 2. The van der Waals surface area contributed by atoms with Crippen molar-refractivity contribution in [2.45, 2.75) is 56.9 Å². The molecule has 3 saturated heterocycles. The molecule has 0 radical (unpaired) electrons. The largest absolute Gasteiger partial charge is 0.481 e. The summed E-state index contributed by atoms with van der Waals surface area (Å²) in [5.41, 5.74) is 1.62. The quantitative estimate of drug-likeness (QED) is 0.265. The van der Waals surface area contributed by atoms with Gasteiger partial charge in [-0.2, -0.15) is 11.8 Å². The van der Waals surface area contributed by atoms with Gasteiger partial charge in [0.15, 0.2) is 5.78 Å². The van der Waals surface area contributed by atoms with Crippen LogP contribution in [0.25, 0.3) is 10.9 Å². The van der Waals surface area contributed by atoms with E-state index >= 15 is 4.39 Å². The Kier molecular flexibility index (Phi) is 9.60. The summed E-state index contributed by atoms with van der Waals surface area (Å²) in [5.74, 6) is -0.811. The fraction of sp³-hybridized carbons (Fsp3) is 0.528. The van der Waals surface area contributed by atoms with E-state index in [2.05, 4.69) is 15.1 Å². The molecule has 256 valence electrons. The molecule has 1 unspecified atom stereocenters. The molecule has 1 saturated carbocycles. The van der Waals surface area contributed by atoms with Crippen molar-refractivity contribution < 1.29 is 28.6 Å². The molecule has 1 aromatic heterocycles. The summed E-state index contributed by atoms with van der Waals surface area (Å²) in [7, 11) is 1.86. The minimum absolute atomic E-state index is 0.130. The van der Waals surface area contributed by atoms with Crippen LogP contribution in [0.2, 0.25) is 5.02 Å². The first-order chi connectivity index (χ1) is 23.1. The molecule has 1 amide bonds. The Morgan fingerprint density at radius 2 is 1.73 bits per heavy atom. The van der Waals surface area contributed by atoms with Crippen molar-refractivity contribution in [1.29, 1.82) is 0 Å². The Morgan fingerprint density at radius 3 is 2.42 bits per heavy atom. The van der Waals surface area contributed by atoms with E-state index in [1.165, 1.54) is 12.1 Å². The van der Waals surface area contributed by atoms with Gasteiger partial charge in [-0.25, -0.2) is 4.39 Å². The van der Waals surface area contributed by atoms with Gasteiger partial charge in [-0.15, -0.1) is 0 Å². The molecule has 9 nitrogen and oxygen atoms in total. The van der Waals surface area contributed by atoms with Crippen molar-refractivity contribution in [2.24, 2.45) is 24.8 Å². The zero-order valence-corrected chi connectivity index (χ0v) is 28.7. The van der Waals surface area contributed by atoms with Gasteiger partial charge in [-0.3, -0.25) is 24.2 Å². The number of rotatable bonds is 10. The van der Waals surface area contributed by atoms with Gasteiger partial charge in [0.2, 0.25) is 5.85 Å². The summed E-state index contributed by atoms with van der Waals surface area (Å²) in [4.78, 5) is 44.1. The molecule has 12 heteroatoms. The first-order valence-electron chi connectivity index (χ1n) is 17.0. The first-order valence-corrected chi connectivity index (χ1v) is 18.5. The molecular weight excluding hydrogens is 655 g/mol. The monoisotopic (exact) mass is 696 g/mol. The number of hydrogen-bond donors (Lipinski definition) is 2. The molecule has 4 heterocycles. The van der Waals surface area contributed by atoms with Crippen LogP contribution in [0.1, 0.15) is 54.4 Å². The number of fused-ring (bicyclic) bond motifs is 2. The van der Waals surface area contributed by atoms with Gasteiger partial charge in [0, 0.05) is 56.7 Å². The number of likely N-dealkylation sites (tertiary alicyclic amines) is 2. The predicted molar refractivity (Wildman–Crippen MR) is 185 cm³/mol. The number of aryl methyl sites for hydroxylation is 1. The smallest absolute Gasteiger partial charge is 0.306 e. The SMILES string of the molecule is Cn1cc(C(=O)Nc2cc(F)c(CC(=O)C(OC3CCC(C(=O)O)CC3)(N3CCCC3)N3C[C@H]4CSC[C@H]4C3)cc2Cl)c2ccccc21. The van der Waals surface area contributed by atoms with Crippen molar-refractivity contribution in [1.82, 2.24) is 14.4 Å². The number of aromatic nitrogens is 1. The standard InChI is InChI=1S/C36H42ClFN4O5S/c1-40-19-28(27-6-2-3-7-32(27)40)34(44)39-31-16-30(38)23(14-29(31)37)15-33(43)36(41-12-4-5-13-41,42-17-24-20-48-21-25(24)18-42)47-26-10-8-22(9-11-26)35(45)46/h2-3,6-7,14,16,19,22,24-26H,4-5,8-13,15,17-18,20-21H2,1H3,(H,39,44)(H,45,46)/t22?,24-,25+,26?,36?. The van der Waals surface area contributed by atoms with Crippen molar-refractivity contribution in [2.75, 3.05) is 43.0 Å². The molecule has 1 aliphatic carbocycles. The van der Waals surface area contributed by atoms with Crippen LogP contribution in [0, 0.1) is 23.6 Å². The number of para-hydroxylation sites is 1. The van der Waals surface area contributed by atoms with Crippen LogP contribution in [0.3, 0.4) is 0 Å². The number of thioether (sulfide) groups is 1. The number of carboxylic acids is 1. The minimum atomic E-state index is -1.37. The third kappa shape index (κ3) is 6.28. The summed E-state index contributed by atoms with van der Waals surface area (Å²) in [6, 6.07) is 10.2. The normalized spacial score (nSPS) is 26.1. The van der Waals surface area contributed by atoms with Crippen LogP contribution in [-0.4, -0.2) is 86.8 Å². The predicted octanol–water partition coefficient (Wildman–Crippen LogP) is 6.04. The Balaban J connectivity index is 1.16. The molecule has 4 aliphatic rings. The molecule has 4 fully saturated rings. The Hall–Kier alpha value is -2.96. The van der Waals surface area contributed by atoms with Crippen LogP contribution < -0.4 is 5.32 Å². The molecule has 3 aromatic rings. The number of aliphatic carboxylic acids is 1. The van der Waals surface area contributed by atoms with Gasteiger partial charge in [0.25, 0.3) is 5.91 Å². The number of benzene rings is 2. The average molecular weight is 697 g/mol. The molecule has 0 spiro atoms. The number of ketones is 1. The lowest BCUT2D eigenvalue weighted by Gasteiger charge is -2.49. The Labute approximate surface area is 289 Å². The van der Waals surface area contributed by atoms with E-state index in [0.717, 1.165) is 48.3 Å². The lowest BCUT2D eigenvalue weighted by molar-refractivity contribution is -0.253. The highest BCUT2D eigenvalue weighted by Crippen LogP contribution is 2.43. The first kappa shape index (κ1) is 33.5. The number of amides is 1. The van der Waals surface area contributed by atoms with Crippen LogP contribution in [0.4, 0.5) is 10.1 Å². The number of ether oxygens (including phenoxy) is 1. The lowest BCUT2D eigenvalue weighted by atomic mass is 9.87. The zero-order valence-electron chi connectivity index (χ0n) is 27.1. The highest BCUT2D eigenvalue weighted by atomic mass is 35.5. The number of carbonyl (C=O) groups is 3. The maximum absolute atomic E-state index is 15.9. The molecule has 2 N–H and O–H groups in total. The van der Waals surface area contributed by atoms with Crippen molar-refractivity contribution in [3.63, 3.8) is 0 Å². The van der Waals surface area contributed by atoms with E-state index in [1.54, 1.807) is 6.20 Å². The highest BCUT2D eigenvalue weighted by molar-refractivity contribution is 7.99. The highest BCUT2D eigenvalue weighted by Gasteiger charge is 2.56. The van der Waals surface area contributed by atoms with Gasteiger partial charge < -0.3 is 19.7 Å². The molecule has 0 bridgehead atoms. The molecule has 7 rings (SSSR count). The summed E-state index contributed by atoms with van der Waals surface area (Å²) >= 11 is 8.62. The number of nitrogens with zero attached hydrogens (tertiary/aromatic N) is 3. The lowest BCUT2D eigenvalue weighted by Crippen LogP contribution is -2.67. The Bertz CT molecular complexity index is 1710. The number of hydrogen-bond acceptors (Lipinski definition) is 7.